The summed E-state index contributed by atoms with van der Waals surface area (Å²) in [4.78, 5) is 37.6. The largest absolute Gasteiger partial charge is 0.294 e. The highest BCUT2D eigenvalue weighted by Crippen LogP contribution is 2.33. The van der Waals surface area contributed by atoms with Gasteiger partial charge in [-0.3, -0.25) is 14.4 Å². The molecule has 4 nitrogen and oxygen atoms in total. The number of benzene rings is 2. The highest BCUT2D eigenvalue weighted by atomic mass is 16.2. The van der Waals surface area contributed by atoms with Crippen LogP contribution in [0, 0.1) is 11.8 Å². The molecule has 1 aliphatic carbocycles. The Morgan fingerprint density at radius 3 is 2.03 bits per heavy atom. The minimum atomic E-state index is -0.287. The summed E-state index contributed by atoms with van der Waals surface area (Å²) >= 11 is 0. The third-order valence-electron chi connectivity index (χ3n) is 6.99. The number of carbonyl (C=O) groups excluding carboxylic acids is 3. The maximum absolute atomic E-state index is 12.2. The number of hydrogen-bond donors (Lipinski definition) is 0. The maximum Gasteiger partial charge on any atom is 0.261 e. The number of rotatable bonds is 7. The number of nitrogens with zero attached hydrogens (tertiary/aromatic N) is 1. The SMILES string of the molecule is C=C(C)C(=O)C1CCC(CCc2ccc(-c3ccc(N4C(=O)C=C(C)C4=O)cc3)cc2)CC1. The molecule has 0 spiro atoms. The molecule has 4 rings (SSSR count). The Balaban J connectivity index is 1.31. The summed E-state index contributed by atoms with van der Waals surface area (Å²) in [7, 11) is 0. The second-order valence-corrected chi connectivity index (χ2v) is 9.45. The van der Waals surface area contributed by atoms with Crippen molar-refractivity contribution in [1.29, 1.82) is 0 Å². The van der Waals surface area contributed by atoms with E-state index in [1.807, 2.05) is 31.2 Å². The Kier molecular flexibility index (Phi) is 6.73. The minimum absolute atomic E-state index is 0.186. The summed E-state index contributed by atoms with van der Waals surface area (Å²) < 4.78 is 0. The molecule has 1 fully saturated rings. The average molecular weight is 442 g/mol. The van der Waals surface area contributed by atoms with E-state index in [0.717, 1.165) is 49.7 Å². The molecule has 0 N–H and O–H groups in total. The second-order valence-electron chi connectivity index (χ2n) is 9.45. The molecule has 0 atom stereocenters. The van der Waals surface area contributed by atoms with Crippen molar-refractivity contribution in [1.82, 2.24) is 0 Å². The molecule has 1 saturated carbocycles. The highest BCUT2D eigenvalue weighted by Gasteiger charge is 2.29. The van der Waals surface area contributed by atoms with E-state index < -0.39 is 0 Å². The van der Waals surface area contributed by atoms with Crippen LogP contribution in [-0.4, -0.2) is 17.6 Å². The van der Waals surface area contributed by atoms with Crippen molar-refractivity contribution in [3.8, 4) is 11.1 Å². The van der Waals surface area contributed by atoms with Crippen molar-refractivity contribution in [2.45, 2.75) is 52.4 Å². The molecule has 33 heavy (non-hydrogen) atoms. The normalized spacial score (nSPS) is 20.7. The first-order valence-corrected chi connectivity index (χ1v) is 11.8. The lowest BCUT2D eigenvalue weighted by Gasteiger charge is -2.27. The van der Waals surface area contributed by atoms with E-state index in [1.54, 1.807) is 6.92 Å². The molecule has 0 bridgehead atoms. The number of allylic oxidation sites excluding steroid dienone is 1. The number of amides is 2. The van der Waals surface area contributed by atoms with Gasteiger partial charge in [-0.25, -0.2) is 4.90 Å². The van der Waals surface area contributed by atoms with Gasteiger partial charge in [-0.2, -0.15) is 0 Å². The molecular formula is C29H31NO3. The topological polar surface area (TPSA) is 54.5 Å². The number of carbonyl (C=O) groups is 3. The van der Waals surface area contributed by atoms with Crippen molar-refractivity contribution in [3.05, 3.63) is 77.9 Å². The van der Waals surface area contributed by atoms with E-state index in [1.165, 1.54) is 16.5 Å². The van der Waals surface area contributed by atoms with E-state index in [9.17, 15) is 14.4 Å². The van der Waals surface area contributed by atoms with Gasteiger partial charge in [0.15, 0.2) is 5.78 Å². The highest BCUT2D eigenvalue weighted by molar-refractivity contribution is 6.30. The summed E-state index contributed by atoms with van der Waals surface area (Å²) in [6.07, 6.45) is 7.84. The molecule has 0 radical (unpaired) electrons. The number of imide groups is 1. The summed E-state index contributed by atoms with van der Waals surface area (Å²) in [6.45, 7) is 7.28. The van der Waals surface area contributed by atoms with Gasteiger partial charge in [-0.15, -0.1) is 0 Å². The molecule has 2 aromatic carbocycles. The Labute approximate surface area is 196 Å². The van der Waals surface area contributed by atoms with Crippen molar-refractivity contribution in [3.63, 3.8) is 0 Å². The fourth-order valence-corrected chi connectivity index (χ4v) is 4.93. The summed E-state index contributed by atoms with van der Waals surface area (Å²) in [5.74, 6) is 0.591. The smallest absolute Gasteiger partial charge is 0.261 e. The predicted molar refractivity (Wildman–Crippen MR) is 132 cm³/mol. The molecule has 0 saturated heterocycles. The van der Waals surface area contributed by atoms with Crippen LogP contribution in [0.4, 0.5) is 5.69 Å². The van der Waals surface area contributed by atoms with E-state index in [4.69, 9.17) is 0 Å². The van der Waals surface area contributed by atoms with Crippen LogP contribution in [0.3, 0.4) is 0 Å². The lowest BCUT2D eigenvalue weighted by molar-refractivity contribution is -0.121. The number of Topliss-reactive ketones (excluding diaryl/α,β-unsaturated/α-hetero) is 1. The van der Waals surface area contributed by atoms with Crippen LogP contribution in [0.25, 0.3) is 11.1 Å². The Morgan fingerprint density at radius 2 is 1.52 bits per heavy atom. The van der Waals surface area contributed by atoms with Crippen LogP contribution in [0.1, 0.15) is 51.5 Å². The third-order valence-corrected chi connectivity index (χ3v) is 6.99. The monoisotopic (exact) mass is 441 g/mol. The first-order chi connectivity index (χ1) is 15.8. The maximum atomic E-state index is 12.2. The van der Waals surface area contributed by atoms with Crippen LogP contribution >= 0.6 is 0 Å². The zero-order valence-corrected chi connectivity index (χ0v) is 19.5. The zero-order chi connectivity index (χ0) is 23.5. The first kappa shape index (κ1) is 22.9. The molecular weight excluding hydrogens is 410 g/mol. The van der Waals surface area contributed by atoms with Crippen LogP contribution in [0.15, 0.2) is 72.3 Å². The van der Waals surface area contributed by atoms with Crippen LogP contribution < -0.4 is 4.90 Å². The first-order valence-electron chi connectivity index (χ1n) is 11.8. The van der Waals surface area contributed by atoms with Crippen molar-refractivity contribution < 1.29 is 14.4 Å². The number of hydrogen-bond acceptors (Lipinski definition) is 3. The van der Waals surface area contributed by atoms with Gasteiger partial charge < -0.3 is 0 Å². The summed E-state index contributed by atoms with van der Waals surface area (Å²) in [5.41, 5.74) is 5.24. The van der Waals surface area contributed by atoms with Gasteiger partial charge in [0.1, 0.15) is 0 Å². The Bertz CT molecular complexity index is 1100. The molecule has 0 unspecified atom stereocenters. The van der Waals surface area contributed by atoms with E-state index in [0.29, 0.717) is 22.8 Å². The summed E-state index contributed by atoms with van der Waals surface area (Å²) in [5, 5.41) is 0. The van der Waals surface area contributed by atoms with Gasteiger partial charge in [0.05, 0.1) is 5.69 Å². The fourth-order valence-electron chi connectivity index (χ4n) is 4.93. The lowest BCUT2D eigenvalue weighted by Crippen LogP contribution is -2.30. The number of ketones is 1. The Morgan fingerprint density at radius 1 is 0.939 bits per heavy atom. The molecule has 2 aliphatic rings. The quantitative estimate of drug-likeness (QED) is 0.388. The predicted octanol–water partition coefficient (Wildman–Crippen LogP) is 6.06. The minimum Gasteiger partial charge on any atom is -0.294 e. The summed E-state index contributed by atoms with van der Waals surface area (Å²) in [6, 6.07) is 16.2. The second kappa shape index (κ2) is 9.70. The van der Waals surface area contributed by atoms with Gasteiger partial charge in [0.25, 0.3) is 11.8 Å². The van der Waals surface area contributed by atoms with E-state index in [-0.39, 0.29) is 23.5 Å². The molecule has 1 aliphatic heterocycles. The Hall–Kier alpha value is -3.27. The van der Waals surface area contributed by atoms with Crippen LogP contribution in [0.5, 0.6) is 0 Å². The van der Waals surface area contributed by atoms with Crippen molar-refractivity contribution >= 4 is 23.3 Å². The van der Waals surface area contributed by atoms with Gasteiger partial charge in [0, 0.05) is 17.6 Å². The van der Waals surface area contributed by atoms with Crippen LogP contribution in [-0.2, 0) is 20.8 Å². The molecule has 1 heterocycles. The molecule has 2 amide bonds. The molecule has 4 heteroatoms. The molecule has 170 valence electrons. The van der Waals surface area contributed by atoms with E-state index in [2.05, 4.69) is 30.8 Å². The number of anilines is 1. The van der Waals surface area contributed by atoms with E-state index >= 15 is 0 Å². The lowest BCUT2D eigenvalue weighted by atomic mass is 9.77. The molecule has 0 aromatic heterocycles. The third kappa shape index (κ3) is 5.05. The molecule has 2 aromatic rings. The van der Waals surface area contributed by atoms with Crippen LogP contribution in [0.2, 0.25) is 0 Å². The van der Waals surface area contributed by atoms with Crippen molar-refractivity contribution in [2.75, 3.05) is 4.90 Å². The van der Waals surface area contributed by atoms with Gasteiger partial charge >= 0.3 is 0 Å². The van der Waals surface area contributed by atoms with Gasteiger partial charge in [-0.1, -0.05) is 43.0 Å². The average Bonchev–Trinajstić information content (AvgIpc) is 3.09. The van der Waals surface area contributed by atoms with Crippen molar-refractivity contribution in [2.24, 2.45) is 11.8 Å². The fraction of sp³-hybridized carbons (Fsp3) is 0.345. The zero-order valence-electron chi connectivity index (χ0n) is 19.5. The standard InChI is InChI=1S/C29H31NO3/c1-19(2)28(32)25-12-8-22(9-13-25)5-4-21-6-10-23(11-7-21)24-14-16-26(17-15-24)30-27(31)18-20(3)29(30)33/h6-7,10-11,14-18,22,25H,1,4-5,8-9,12-13H2,2-3H3. The number of aryl methyl sites for hydroxylation is 1. The van der Waals surface area contributed by atoms with Gasteiger partial charge in [-0.05, 0) is 92.7 Å². The van der Waals surface area contributed by atoms with Gasteiger partial charge in [0.2, 0.25) is 0 Å².